The number of aromatic nitrogens is 2. The lowest BCUT2D eigenvalue weighted by Crippen LogP contribution is -2.30. The Labute approximate surface area is 166 Å². The third kappa shape index (κ3) is 4.05. The zero-order valence-electron chi connectivity index (χ0n) is 16.6. The zero-order chi connectivity index (χ0) is 20.3. The van der Waals surface area contributed by atoms with Crippen LogP contribution in [0.2, 0.25) is 0 Å². The molecule has 0 saturated carbocycles. The number of rotatable bonds is 7. The summed E-state index contributed by atoms with van der Waals surface area (Å²) in [5, 5.41) is 2.79. The molecule has 2 aromatic rings. The normalized spacial score (nSPS) is 14.6. The molecule has 0 unspecified atom stereocenters. The van der Waals surface area contributed by atoms with E-state index in [1.54, 1.807) is 27.1 Å². The first-order valence-corrected chi connectivity index (χ1v) is 11.0. The van der Waals surface area contributed by atoms with Gasteiger partial charge in [0.1, 0.15) is 16.4 Å². The number of carbonyl (C=O) groups excluding carboxylic acids is 1. The molecular weight excluding hydrogens is 378 g/mol. The van der Waals surface area contributed by atoms with Crippen LogP contribution in [0.3, 0.4) is 0 Å². The maximum atomic E-state index is 12.7. The Bertz CT molecular complexity index is 927. The van der Waals surface area contributed by atoms with Gasteiger partial charge < -0.3 is 14.8 Å². The predicted molar refractivity (Wildman–Crippen MR) is 109 cm³/mol. The van der Waals surface area contributed by atoms with Crippen molar-refractivity contribution in [1.82, 2.24) is 13.9 Å². The van der Waals surface area contributed by atoms with E-state index in [0.717, 1.165) is 18.9 Å². The molecule has 1 aliphatic heterocycles. The van der Waals surface area contributed by atoms with E-state index < -0.39 is 10.0 Å². The lowest BCUT2D eigenvalue weighted by molar-refractivity contribution is 0.101. The molecule has 0 aromatic carbocycles. The Morgan fingerprint density at radius 3 is 2.46 bits per heavy atom. The lowest BCUT2D eigenvalue weighted by Gasteiger charge is -2.17. The fraction of sp³-hybridized carbons (Fsp3) is 0.474. The predicted octanol–water partition coefficient (Wildman–Crippen LogP) is 2.30. The first kappa shape index (κ1) is 20.3. The fourth-order valence-electron chi connectivity index (χ4n) is 3.40. The number of carbonyl (C=O) groups is 1. The van der Waals surface area contributed by atoms with Crippen LogP contribution in [0.1, 0.15) is 37.2 Å². The third-order valence-corrected chi connectivity index (χ3v) is 7.01. The van der Waals surface area contributed by atoms with E-state index in [9.17, 15) is 13.2 Å². The number of sulfonamides is 1. The second-order valence-electron chi connectivity index (χ2n) is 6.81. The minimum absolute atomic E-state index is 0.117. The van der Waals surface area contributed by atoms with Crippen LogP contribution in [-0.2, 0) is 17.1 Å². The molecule has 152 valence electrons. The van der Waals surface area contributed by atoms with Crippen molar-refractivity contribution in [2.45, 2.75) is 31.6 Å². The van der Waals surface area contributed by atoms with Crippen LogP contribution in [-0.4, -0.2) is 54.4 Å². The SMILES string of the molecule is CCN(CC)S(=O)(=O)c1cc(C(=O)Nc2ccc(N3CCCC3)nc2)n(C)c1. The molecule has 28 heavy (non-hydrogen) atoms. The smallest absolute Gasteiger partial charge is 0.272 e. The van der Waals surface area contributed by atoms with Gasteiger partial charge in [0.2, 0.25) is 10.0 Å². The number of aryl methyl sites for hydroxylation is 1. The van der Waals surface area contributed by atoms with Gasteiger partial charge in [-0.05, 0) is 31.0 Å². The highest BCUT2D eigenvalue weighted by Gasteiger charge is 2.25. The van der Waals surface area contributed by atoms with Gasteiger partial charge in [0, 0.05) is 39.4 Å². The van der Waals surface area contributed by atoms with Gasteiger partial charge in [-0.1, -0.05) is 13.8 Å². The second-order valence-corrected chi connectivity index (χ2v) is 8.75. The number of hydrogen-bond donors (Lipinski definition) is 1. The highest BCUT2D eigenvalue weighted by atomic mass is 32.2. The Hall–Kier alpha value is -2.39. The number of hydrogen-bond acceptors (Lipinski definition) is 5. The summed E-state index contributed by atoms with van der Waals surface area (Å²) < 4.78 is 28.2. The molecule has 1 fully saturated rings. The number of amides is 1. The van der Waals surface area contributed by atoms with E-state index in [2.05, 4.69) is 15.2 Å². The molecule has 8 nitrogen and oxygen atoms in total. The van der Waals surface area contributed by atoms with Crippen LogP contribution in [0.4, 0.5) is 11.5 Å². The van der Waals surface area contributed by atoms with Crippen molar-refractivity contribution >= 4 is 27.4 Å². The average molecular weight is 406 g/mol. The Morgan fingerprint density at radius 2 is 1.89 bits per heavy atom. The minimum Gasteiger partial charge on any atom is -0.357 e. The zero-order valence-corrected chi connectivity index (χ0v) is 17.4. The van der Waals surface area contributed by atoms with Crippen LogP contribution in [0, 0.1) is 0 Å². The van der Waals surface area contributed by atoms with Gasteiger partial charge in [-0.3, -0.25) is 4.79 Å². The Morgan fingerprint density at radius 1 is 1.21 bits per heavy atom. The van der Waals surface area contributed by atoms with Gasteiger partial charge in [-0.25, -0.2) is 13.4 Å². The molecule has 3 rings (SSSR count). The van der Waals surface area contributed by atoms with Gasteiger partial charge in [0.25, 0.3) is 5.91 Å². The summed E-state index contributed by atoms with van der Waals surface area (Å²) in [6.45, 7) is 6.35. The molecule has 1 aliphatic rings. The summed E-state index contributed by atoms with van der Waals surface area (Å²) in [6.07, 6.45) is 5.44. The number of anilines is 2. The van der Waals surface area contributed by atoms with Gasteiger partial charge in [0.05, 0.1) is 11.9 Å². The summed E-state index contributed by atoms with van der Waals surface area (Å²) in [5.41, 5.74) is 0.844. The molecular formula is C19H27N5O3S. The topological polar surface area (TPSA) is 87.5 Å². The molecule has 1 N–H and O–H groups in total. The monoisotopic (exact) mass is 405 g/mol. The number of pyridine rings is 1. The molecule has 0 bridgehead atoms. The van der Waals surface area contributed by atoms with Crippen molar-refractivity contribution in [1.29, 1.82) is 0 Å². The van der Waals surface area contributed by atoms with E-state index in [-0.39, 0.29) is 16.5 Å². The largest absolute Gasteiger partial charge is 0.357 e. The number of nitrogens with one attached hydrogen (secondary N) is 1. The van der Waals surface area contributed by atoms with Crippen LogP contribution in [0.5, 0.6) is 0 Å². The summed E-state index contributed by atoms with van der Waals surface area (Å²) in [4.78, 5) is 19.4. The van der Waals surface area contributed by atoms with Crippen molar-refractivity contribution in [2.75, 3.05) is 36.4 Å². The van der Waals surface area contributed by atoms with Crippen molar-refractivity contribution in [2.24, 2.45) is 7.05 Å². The van der Waals surface area contributed by atoms with Gasteiger partial charge in [-0.15, -0.1) is 0 Å². The highest BCUT2D eigenvalue weighted by Crippen LogP contribution is 2.21. The van der Waals surface area contributed by atoms with Gasteiger partial charge in [0.15, 0.2) is 0 Å². The van der Waals surface area contributed by atoms with Crippen LogP contribution >= 0.6 is 0 Å². The standard InChI is InChI=1S/C19H27N5O3S/c1-4-24(5-2)28(26,27)16-12-17(22(3)14-16)19(25)21-15-8-9-18(20-13-15)23-10-6-7-11-23/h8-9,12-14H,4-7,10-11H2,1-3H3,(H,21,25). The maximum Gasteiger partial charge on any atom is 0.272 e. The average Bonchev–Trinajstić information content (AvgIpc) is 3.33. The van der Waals surface area contributed by atoms with Crippen LogP contribution < -0.4 is 10.2 Å². The van der Waals surface area contributed by atoms with E-state index in [0.29, 0.717) is 18.8 Å². The first-order chi connectivity index (χ1) is 13.4. The lowest BCUT2D eigenvalue weighted by atomic mass is 10.3. The molecule has 1 amide bonds. The highest BCUT2D eigenvalue weighted by molar-refractivity contribution is 7.89. The van der Waals surface area contributed by atoms with Crippen LogP contribution in [0.15, 0.2) is 35.5 Å². The summed E-state index contributed by atoms with van der Waals surface area (Å²) in [6, 6.07) is 5.12. The fourth-order valence-corrected chi connectivity index (χ4v) is 4.93. The third-order valence-electron chi connectivity index (χ3n) is 4.99. The molecule has 0 atom stereocenters. The van der Waals surface area contributed by atoms with E-state index in [1.165, 1.54) is 34.0 Å². The van der Waals surface area contributed by atoms with Crippen molar-refractivity contribution < 1.29 is 13.2 Å². The van der Waals surface area contributed by atoms with Crippen LogP contribution in [0.25, 0.3) is 0 Å². The Kier molecular flexibility index (Phi) is 6.04. The van der Waals surface area contributed by atoms with Crippen molar-refractivity contribution in [3.8, 4) is 0 Å². The number of nitrogens with zero attached hydrogens (tertiary/aromatic N) is 4. The first-order valence-electron chi connectivity index (χ1n) is 9.55. The molecule has 0 radical (unpaired) electrons. The molecule has 0 spiro atoms. The second kappa shape index (κ2) is 8.32. The van der Waals surface area contributed by atoms with Crippen molar-refractivity contribution in [3.63, 3.8) is 0 Å². The summed E-state index contributed by atoms with van der Waals surface area (Å²) >= 11 is 0. The molecule has 3 heterocycles. The molecule has 0 aliphatic carbocycles. The molecule has 1 saturated heterocycles. The minimum atomic E-state index is -3.61. The molecule has 2 aromatic heterocycles. The van der Waals surface area contributed by atoms with Gasteiger partial charge in [-0.2, -0.15) is 4.31 Å². The van der Waals surface area contributed by atoms with E-state index in [1.807, 2.05) is 12.1 Å². The summed E-state index contributed by atoms with van der Waals surface area (Å²) in [7, 11) is -1.95. The van der Waals surface area contributed by atoms with E-state index >= 15 is 0 Å². The summed E-state index contributed by atoms with van der Waals surface area (Å²) in [5.74, 6) is 0.529. The molecule has 9 heteroatoms. The quantitative estimate of drug-likeness (QED) is 0.764. The maximum absolute atomic E-state index is 12.7. The van der Waals surface area contributed by atoms with Gasteiger partial charge >= 0.3 is 0 Å². The Balaban J connectivity index is 1.75. The van der Waals surface area contributed by atoms with E-state index in [4.69, 9.17) is 0 Å². The van der Waals surface area contributed by atoms with Crippen molar-refractivity contribution in [3.05, 3.63) is 36.3 Å².